The van der Waals surface area contributed by atoms with Gasteiger partial charge in [-0.05, 0) is 25.8 Å². The monoisotopic (exact) mass is 302 g/mol. The Bertz CT molecular complexity index is 731. The first-order valence-corrected chi connectivity index (χ1v) is 7.17. The van der Waals surface area contributed by atoms with Crippen molar-refractivity contribution < 1.29 is 14.1 Å². The lowest BCUT2D eigenvalue weighted by Gasteiger charge is -2.23. The van der Waals surface area contributed by atoms with E-state index in [0.717, 1.165) is 24.3 Å². The molecule has 1 saturated heterocycles. The third-order valence-electron chi connectivity index (χ3n) is 4.01. The van der Waals surface area contributed by atoms with Crippen molar-refractivity contribution in [3.05, 3.63) is 41.0 Å². The number of hydrogen-bond donors (Lipinski definition) is 1. The summed E-state index contributed by atoms with van der Waals surface area (Å²) in [4.78, 5) is 25.8. The molecule has 1 fully saturated rings. The third-order valence-corrected chi connectivity index (χ3v) is 4.01. The number of primary amides is 1. The predicted octanol–water partition coefficient (Wildman–Crippen LogP) is 1.40. The largest absolute Gasteiger partial charge is 0.366 e. The minimum absolute atomic E-state index is 0.0862. The van der Waals surface area contributed by atoms with Crippen molar-refractivity contribution in [2.24, 2.45) is 12.8 Å². The van der Waals surface area contributed by atoms with Crippen LogP contribution in [0.4, 0.5) is 0 Å². The number of aryl methyl sites for hydroxylation is 2. The van der Waals surface area contributed by atoms with Gasteiger partial charge in [0.05, 0.1) is 11.6 Å². The van der Waals surface area contributed by atoms with Gasteiger partial charge in [0.2, 0.25) is 5.91 Å². The fraction of sp³-hybridized carbons (Fsp3) is 0.400. The SMILES string of the molecule is Cc1cc(C2CCCN2C(=O)c2cc(C(N)=O)cn2C)no1. The highest BCUT2D eigenvalue weighted by Gasteiger charge is 2.33. The number of carbonyl (C=O) groups is 2. The van der Waals surface area contributed by atoms with Gasteiger partial charge in [0.1, 0.15) is 17.1 Å². The van der Waals surface area contributed by atoms with Crippen LogP contribution >= 0.6 is 0 Å². The second-order valence-corrected chi connectivity index (χ2v) is 5.61. The third kappa shape index (κ3) is 2.38. The molecule has 2 aromatic rings. The highest BCUT2D eigenvalue weighted by molar-refractivity contribution is 5.99. The number of carbonyl (C=O) groups excluding carboxylic acids is 2. The Kier molecular flexibility index (Phi) is 3.48. The minimum Gasteiger partial charge on any atom is -0.366 e. The van der Waals surface area contributed by atoms with E-state index in [1.54, 1.807) is 22.7 Å². The maximum absolute atomic E-state index is 12.8. The van der Waals surface area contributed by atoms with Gasteiger partial charge in [-0.25, -0.2) is 0 Å². The van der Waals surface area contributed by atoms with Gasteiger partial charge in [0.25, 0.3) is 5.91 Å². The molecule has 0 saturated carbocycles. The van der Waals surface area contributed by atoms with Crippen molar-refractivity contribution in [2.75, 3.05) is 6.54 Å². The van der Waals surface area contributed by atoms with Crippen LogP contribution in [0.2, 0.25) is 0 Å². The first-order valence-electron chi connectivity index (χ1n) is 7.17. The van der Waals surface area contributed by atoms with Crippen LogP contribution in [0.3, 0.4) is 0 Å². The van der Waals surface area contributed by atoms with E-state index in [4.69, 9.17) is 10.3 Å². The molecule has 3 rings (SSSR count). The maximum atomic E-state index is 12.8. The number of rotatable bonds is 3. The zero-order valence-electron chi connectivity index (χ0n) is 12.6. The van der Waals surface area contributed by atoms with Gasteiger partial charge in [-0.2, -0.15) is 0 Å². The lowest BCUT2D eigenvalue weighted by Crippen LogP contribution is -2.32. The molecule has 0 aromatic carbocycles. The van der Waals surface area contributed by atoms with Crippen molar-refractivity contribution >= 4 is 11.8 Å². The highest BCUT2D eigenvalue weighted by atomic mass is 16.5. The Morgan fingerprint density at radius 2 is 2.18 bits per heavy atom. The molecule has 116 valence electrons. The van der Waals surface area contributed by atoms with E-state index in [-0.39, 0.29) is 11.9 Å². The van der Waals surface area contributed by atoms with Crippen LogP contribution in [-0.4, -0.2) is 33.0 Å². The summed E-state index contributed by atoms with van der Waals surface area (Å²) in [5.74, 6) is 0.0575. The summed E-state index contributed by atoms with van der Waals surface area (Å²) in [6.45, 7) is 2.49. The molecule has 2 amide bonds. The van der Waals surface area contributed by atoms with E-state index < -0.39 is 5.91 Å². The topological polar surface area (TPSA) is 94.4 Å². The van der Waals surface area contributed by atoms with E-state index in [9.17, 15) is 9.59 Å². The van der Waals surface area contributed by atoms with Crippen LogP contribution in [0.25, 0.3) is 0 Å². The molecule has 7 heteroatoms. The van der Waals surface area contributed by atoms with E-state index >= 15 is 0 Å². The van der Waals surface area contributed by atoms with Crippen LogP contribution in [-0.2, 0) is 7.05 Å². The number of hydrogen-bond acceptors (Lipinski definition) is 4. The number of likely N-dealkylation sites (tertiary alicyclic amines) is 1. The predicted molar refractivity (Wildman–Crippen MR) is 78.2 cm³/mol. The van der Waals surface area contributed by atoms with Gasteiger partial charge in [0.15, 0.2) is 0 Å². The van der Waals surface area contributed by atoms with Crippen LogP contribution in [0.15, 0.2) is 22.9 Å². The van der Waals surface area contributed by atoms with Gasteiger partial charge < -0.3 is 19.7 Å². The van der Waals surface area contributed by atoms with Crippen LogP contribution in [0.5, 0.6) is 0 Å². The lowest BCUT2D eigenvalue weighted by molar-refractivity contribution is 0.0721. The fourth-order valence-corrected chi connectivity index (χ4v) is 2.92. The summed E-state index contributed by atoms with van der Waals surface area (Å²) in [6.07, 6.45) is 3.33. The molecular formula is C15H18N4O3. The smallest absolute Gasteiger partial charge is 0.271 e. The summed E-state index contributed by atoms with van der Waals surface area (Å²) < 4.78 is 6.75. The van der Waals surface area contributed by atoms with E-state index in [2.05, 4.69) is 5.16 Å². The van der Waals surface area contributed by atoms with E-state index in [1.807, 2.05) is 13.0 Å². The molecule has 1 aliphatic heterocycles. The van der Waals surface area contributed by atoms with Gasteiger partial charge in [0, 0.05) is 25.9 Å². The van der Waals surface area contributed by atoms with Crippen LogP contribution in [0.1, 0.15) is 51.2 Å². The van der Waals surface area contributed by atoms with Gasteiger partial charge >= 0.3 is 0 Å². The van der Waals surface area contributed by atoms with Gasteiger partial charge in [-0.15, -0.1) is 0 Å². The molecule has 0 spiro atoms. The van der Waals surface area contributed by atoms with E-state index in [0.29, 0.717) is 17.8 Å². The quantitative estimate of drug-likeness (QED) is 0.927. The zero-order chi connectivity index (χ0) is 15.9. The molecule has 1 atom stereocenters. The minimum atomic E-state index is -0.542. The number of aromatic nitrogens is 2. The summed E-state index contributed by atoms with van der Waals surface area (Å²) in [6, 6.07) is 3.31. The Morgan fingerprint density at radius 1 is 1.41 bits per heavy atom. The molecule has 22 heavy (non-hydrogen) atoms. The molecule has 3 heterocycles. The molecule has 0 bridgehead atoms. The number of amides is 2. The highest BCUT2D eigenvalue weighted by Crippen LogP contribution is 2.32. The van der Waals surface area contributed by atoms with Gasteiger partial charge in [-0.1, -0.05) is 5.16 Å². The molecule has 0 radical (unpaired) electrons. The van der Waals surface area contributed by atoms with E-state index in [1.165, 1.54) is 6.07 Å². The van der Waals surface area contributed by atoms with Gasteiger partial charge in [-0.3, -0.25) is 9.59 Å². The van der Waals surface area contributed by atoms with Crippen LogP contribution in [0, 0.1) is 6.92 Å². The normalized spacial score (nSPS) is 17.9. The average molecular weight is 302 g/mol. The van der Waals surface area contributed by atoms with Crippen molar-refractivity contribution in [1.29, 1.82) is 0 Å². The first-order chi connectivity index (χ1) is 10.5. The molecule has 0 aliphatic carbocycles. The second-order valence-electron chi connectivity index (χ2n) is 5.61. The Hall–Kier alpha value is -2.57. The zero-order valence-corrected chi connectivity index (χ0v) is 12.6. The molecule has 2 N–H and O–H groups in total. The van der Waals surface area contributed by atoms with Crippen molar-refractivity contribution in [3.63, 3.8) is 0 Å². The molecular weight excluding hydrogens is 284 g/mol. The first kappa shape index (κ1) is 14.4. The standard InChI is InChI=1S/C15H18N4O3/c1-9-6-11(17-22-9)12-4-3-5-19(12)15(21)13-7-10(14(16)20)8-18(13)2/h6-8,12H,3-5H2,1-2H3,(H2,16,20). The Labute approximate surface area is 127 Å². The fourth-order valence-electron chi connectivity index (χ4n) is 2.92. The maximum Gasteiger partial charge on any atom is 0.271 e. The molecule has 1 unspecified atom stereocenters. The summed E-state index contributed by atoms with van der Waals surface area (Å²) in [5, 5.41) is 4.03. The number of nitrogens with two attached hydrogens (primary N) is 1. The molecule has 7 nitrogen and oxygen atoms in total. The lowest BCUT2D eigenvalue weighted by atomic mass is 10.1. The van der Waals surface area contributed by atoms with Crippen molar-refractivity contribution in [3.8, 4) is 0 Å². The summed E-state index contributed by atoms with van der Waals surface area (Å²) in [5.41, 5.74) is 6.82. The molecule has 2 aromatic heterocycles. The average Bonchev–Trinajstić information content (AvgIpc) is 3.16. The Balaban J connectivity index is 1.89. The number of nitrogens with zero attached hydrogens (tertiary/aromatic N) is 3. The summed E-state index contributed by atoms with van der Waals surface area (Å²) in [7, 11) is 1.73. The molecule has 1 aliphatic rings. The summed E-state index contributed by atoms with van der Waals surface area (Å²) >= 11 is 0. The Morgan fingerprint density at radius 3 is 2.77 bits per heavy atom. The van der Waals surface area contributed by atoms with Crippen LogP contribution < -0.4 is 5.73 Å². The van der Waals surface area contributed by atoms with Crippen molar-refractivity contribution in [2.45, 2.75) is 25.8 Å². The van der Waals surface area contributed by atoms with Crippen molar-refractivity contribution in [1.82, 2.24) is 14.6 Å². The second kappa shape index (κ2) is 5.32.